The maximum Gasteiger partial charge on any atom is 0.419 e. The van der Waals surface area contributed by atoms with Crippen LogP contribution in [0.2, 0.25) is 0 Å². The van der Waals surface area contributed by atoms with Crippen molar-refractivity contribution in [2.45, 2.75) is 44.9 Å². The molecule has 0 spiro atoms. The van der Waals surface area contributed by atoms with E-state index < -0.39 is 17.6 Å². The summed E-state index contributed by atoms with van der Waals surface area (Å²) in [5.74, 6) is -0.554. The van der Waals surface area contributed by atoms with Crippen molar-refractivity contribution in [3.05, 3.63) is 35.1 Å². The number of benzene rings is 1. The van der Waals surface area contributed by atoms with Gasteiger partial charge in [-0.3, -0.25) is 0 Å². The molecular weight excluding hydrogens is 258 g/mol. The highest BCUT2D eigenvalue weighted by Gasteiger charge is 2.34. The fourth-order valence-corrected chi connectivity index (χ4v) is 2.55. The highest BCUT2D eigenvalue weighted by Crippen LogP contribution is 2.32. The zero-order chi connectivity index (χ0) is 14.0. The van der Waals surface area contributed by atoms with Gasteiger partial charge in [0.25, 0.3) is 0 Å². The Bertz CT molecular complexity index is 442. The molecule has 0 heterocycles. The highest BCUT2D eigenvalue weighted by atomic mass is 19.4. The molecular formula is C14H17F4N. The van der Waals surface area contributed by atoms with Crippen molar-refractivity contribution in [1.29, 1.82) is 0 Å². The van der Waals surface area contributed by atoms with Crippen LogP contribution in [0.1, 0.15) is 37.3 Å². The molecule has 2 atom stereocenters. The lowest BCUT2D eigenvalue weighted by atomic mass is 10.1. The molecule has 5 heteroatoms. The Morgan fingerprint density at radius 2 is 2.00 bits per heavy atom. The molecule has 0 aliphatic heterocycles. The number of hydrogen-bond donors (Lipinski definition) is 1. The molecule has 106 valence electrons. The maximum atomic E-state index is 13.1. The van der Waals surface area contributed by atoms with Gasteiger partial charge in [0, 0.05) is 12.6 Å². The average Bonchev–Trinajstić information content (AvgIpc) is 2.72. The minimum atomic E-state index is -4.64. The highest BCUT2D eigenvalue weighted by molar-refractivity contribution is 5.27. The van der Waals surface area contributed by atoms with Gasteiger partial charge in [0.1, 0.15) is 5.82 Å². The van der Waals surface area contributed by atoms with Gasteiger partial charge < -0.3 is 5.32 Å². The fraction of sp³-hybridized carbons (Fsp3) is 0.571. The minimum absolute atomic E-state index is 0.348. The summed E-state index contributed by atoms with van der Waals surface area (Å²) < 4.78 is 50.8. The molecule has 0 bridgehead atoms. The van der Waals surface area contributed by atoms with Crippen LogP contribution in [0.15, 0.2) is 18.2 Å². The van der Waals surface area contributed by atoms with E-state index in [-0.39, 0.29) is 0 Å². The van der Waals surface area contributed by atoms with Crippen LogP contribution in [0.3, 0.4) is 0 Å². The van der Waals surface area contributed by atoms with Gasteiger partial charge >= 0.3 is 6.18 Å². The molecule has 1 nitrogen and oxygen atoms in total. The molecule has 1 aromatic carbocycles. The first-order chi connectivity index (χ1) is 8.86. The average molecular weight is 275 g/mol. The van der Waals surface area contributed by atoms with Crippen LogP contribution in [0.5, 0.6) is 0 Å². The SMILES string of the molecule is CC1CCC(NCc2ccc(F)c(C(F)(F)F)c2)C1. The first-order valence-electron chi connectivity index (χ1n) is 6.45. The third-order valence-electron chi connectivity index (χ3n) is 3.63. The summed E-state index contributed by atoms with van der Waals surface area (Å²) in [5.41, 5.74) is -0.722. The lowest BCUT2D eigenvalue weighted by molar-refractivity contribution is -0.140. The number of hydrogen-bond acceptors (Lipinski definition) is 1. The molecule has 1 saturated carbocycles. The van der Waals surface area contributed by atoms with Gasteiger partial charge in [-0.05, 0) is 42.9 Å². The predicted molar refractivity (Wildman–Crippen MR) is 65.0 cm³/mol. The van der Waals surface area contributed by atoms with Crippen molar-refractivity contribution in [3.63, 3.8) is 0 Å². The van der Waals surface area contributed by atoms with Crippen LogP contribution in [0.25, 0.3) is 0 Å². The fourth-order valence-electron chi connectivity index (χ4n) is 2.55. The number of halogens is 4. The van der Waals surface area contributed by atoms with E-state index in [9.17, 15) is 17.6 Å². The smallest absolute Gasteiger partial charge is 0.310 e. The molecule has 1 N–H and O–H groups in total. The topological polar surface area (TPSA) is 12.0 Å². The molecule has 2 rings (SSSR count). The van der Waals surface area contributed by atoms with E-state index in [1.165, 1.54) is 6.07 Å². The third kappa shape index (κ3) is 3.69. The van der Waals surface area contributed by atoms with E-state index in [1.807, 2.05) is 0 Å². The quantitative estimate of drug-likeness (QED) is 0.818. The van der Waals surface area contributed by atoms with Gasteiger partial charge in [-0.15, -0.1) is 0 Å². The van der Waals surface area contributed by atoms with E-state index in [0.29, 0.717) is 24.1 Å². The van der Waals surface area contributed by atoms with Gasteiger partial charge in [-0.1, -0.05) is 13.0 Å². The van der Waals surface area contributed by atoms with E-state index in [1.54, 1.807) is 0 Å². The molecule has 0 saturated heterocycles. The standard InChI is InChI=1S/C14H17F4N/c1-9-2-4-11(6-9)19-8-10-3-5-13(15)12(7-10)14(16,17)18/h3,5,7,9,11,19H,2,4,6,8H2,1H3. The van der Waals surface area contributed by atoms with Crippen molar-refractivity contribution < 1.29 is 17.6 Å². The summed E-state index contributed by atoms with van der Waals surface area (Å²) in [6, 6.07) is 3.53. The van der Waals surface area contributed by atoms with Crippen LogP contribution >= 0.6 is 0 Å². The second kappa shape index (κ2) is 5.49. The van der Waals surface area contributed by atoms with Gasteiger partial charge in [0.15, 0.2) is 0 Å². The molecule has 0 amide bonds. The zero-order valence-electron chi connectivity index (χ0n) is 10.7. The lowest BCUT2D eigenvalue weighted by Crippen LogP contribution is -2.26. The zero-order valence-corrected chi connectivity index (χ0v) is 10.7. The van der Waals surface area contributed by atoms with Crippen molar-refractivity contribution >= 4 is 0 Å². The summed E-state index contributed by atoms with van der Waals surface area (Å²) >= 11 is 0. The third-order valence-corrected chi connectivity index (χ3v) is 3.63. The molecule has 1 aliphatic rings. The van der Waals surface area contributed by atoms with Crippen LogP contribution < -0.4 is 5.32 Å². The molecule has 1 fully saturated rings. The second-order valence-corrected chi connectivity index (χ2v) is 5.31. The maximum absolute atomic E-state index is 13.1. The molecule has 1 aromatic rings. The van der Waals surface area contributed by atoms with Gasteiger partial charge in [0.2, 0.25) is 0 Å². The summed E-state index contributed by atoms with van der Waals surface area (Å²) in [7, 11) is 0. The molecule has 2 unspecified atom stereocenters. The summed E-state index contributed by atoms with van der Waals surface area (Å²) in [5, 5.41) is 3.24. The number of alkyl halides is 3. The number of rotatable bonds is 3. The Hall–Kier alpha value is -1.10. The monoisotopic (exact) mass is 275 g/mol. The largest absolute Gasteiger partial charge is 0.419 e. The van der Waals surface area contributed by atoms with Crippen LogP contribution in [-0.2, 0) is 12.7 Å². The second-order valence-electron chi connectivity index (χ2n) is 5.31. The van der Waals surface area contributed by atoms with E-state index in [2.05, 4.69) is 12.2 Å². The lowest BCUT2D eigenvalue weighted by Gasteiger charge is -2.14. The predicted octanol–water partition coefficient (Wildman–Crippen LogP) is 4.12. The van der Waals surface area contributed by atoms with Gasteiger partial charge in [0.05, 0.1) is 5.56 Å². The van der Waals surface area contributed by atoms with E-state index >= 15 is 0 Å². The Balaban J connectivity index is 2.01. The van der Waals surface area contributed by atoms with Crippen molar-refractivity contribution in [1.82, 2.24) is 5.32 Å². The summed E-state index contributed by atoms with van der Waals surface area (Å²) in [4.78, 5) is 0. The Morgan fingerprint density at radius 3 is 2.58 bits per heavy atom. The normalized spacial score (nSPS) is 23.8. The minimum Gasteiger partial charge on any atom is -0.310 e. The van der Waals surface area contributed by atoms with E-state index in [4.69, 9.17) is 0 Å². The molecule has 0 radical (unpaired) electrons. The first kappa shape index (κ1) is 14.3. The Morgan fingerprint density at radius 1 is 1.26 bits per heavy atom. The van der Waals surface area contributed by atoms with Crippen LogP contribution in [0.4, 0.5) is 17.6 Å². The first-order valence-corrected chi connectivity index (χ1v) is 6.45. The van der Waals surface area contributed by atoms with E-state index in [0.717, 1.165) is 31.4 Å². The van der Waals surface area contributed by atoms with Crippen molar-refractivity contribution in [3.8, 4) is 0 Å². The summed E-state index contributed by atoms with van der Waals surface area (Å²) in [6.07, 6.45) is -1.39. The Labute approximate surface area is 110 Å². The molecule has 19 heavy (non-hydrogen) atoms. The number of nitrogens with one attached hydrogen (secondary N) is 1. The molecule has 0 aromatic heterocycles. The molecule has 1 aliphatic carbocycles. The van der Waals surface area contributed by atoms with Crippen LogP contribution in [0, 0.1) is 11.7 Å². The van der Waals surface area contributed by atoms with Crippen molar-refractivity contribution in [2.75, 3.05) is 0 Å². The van der Waals surface area contributed by atoms with Gasteiger partial charge in [-0.2, -0.15) is 13.2 Å². The summed E-state index contributed by atoms with van der Waals surface area (Å²) in [6.45, 7) is 2.52. The van der Waals surface area contributed by atoms with Gasteiger partial charge in [-0.25, -0.2) is 4.39 Å². The Kier molecular flexibility index (Phi) is 4.13. The van der Waals surface area contributed by atoms with Crippen molar-refractivity contribution in [2.24, 2.45) is 5.92 Å². The van der Waals surface area contributed by atoms with Crippen LogP contribution in [-0.4, -0.2) is 6.04 Å².